The summed E-state index contributed by atoms with van der Waals surface area (Å²) in [4.78, 5) is 4.64. The van der Waals surface area contributed by atoms with Crippen molar-refractivity contribution in [3.8, 4) is 0 Å². The lowest BCUT2D eigenvalue weighted by Gasteiger charge is -2.08. The molecule has 0 atom stereocenters. The van der Waals surface area contributed by atoms with Gasteiger partial charge in [-0.1, -0.05) is 29.5 Å². The third kappa shape index (κ3) is 2.84. The van der Waals surface area contributed by atoms with E-state index in [1.54, 1.807) is 13.0 Å². The van der Waals surface area contributed by atoms with Gasteiger partial charge in [0.1, 0.15) is 0 Å². The second-order valence-electron chi connectivity index (χ2n) is 5.36. The number of fused-ring (bicyclic) bond motifs is 1. The molecule has 0 saturated heterocycles. The molecular formula is C16H16N2O2S2. The normalized spacial score (nSPS) is 11.8. The Labute approximate surface area is 133 Å². The van der Waals surface area contributed by atoms with Gasteiger partial charge in [-0.3, -0.25) is 4.72 Å². The van der Waals surface area contributed by atoms with Gasteiger partial charge in [-0.05, 0) is 55.7 Å². The number of anilines is 1. The Kier molecular flexibility index (Phi) is 3.66. The number of hydrogen-bond donors (Lipinski definition) is 1. The van der Waals surface area contributed by atoms with E-state index in [1.165, 1.54) is 11.3 Å². The second kappa shape index (κ2) is 5.37. The highest BCUT2D eigenvalue weighted by Gasteiger charge is 2.19. The standard InChI is InChI=1S/C16H16N2O2S2/c1-10-5-7-13-14(8-10)21-16(17-13)18-22(19,20)15-9-11(2)4-6-12(15)3/h4-9H,1-3H3,(H,17,18). The molecule has 0 aliphatic heterocycles. The average molecular weight is 332 g/mol. The van der Waals surface area contributed by atoms with Gasteiger partial charge in [-0.2, -0.15) is 0 Å². The van der Waals surface area contributed by atoms with Gasteiger partial charge < -0.3 is 0 Å². The van der Waals surface area contributed by atoms with Gasteiger partial charge in [0.25, 0.3) is 10.0 Å². The number of sulfonamides is 1. The van der Waals surface area contributed by atoms with Gasteiger partial charge in [0, 0.05) is 0 Å². The Hall–Kier alpha value is -1.92. The first-order valence-electron chi connectivity index (χ1n) is 6.82. The lowest BCUT2D eigenvalue weighted by Crippen LogP contribution is -2.14. The SMILES string of the molecule is Cc1ccc(C)c(S(=O)(=O)Nc2nc3ccc(C)cc3s2)c1. The fourth-order valence-corrected chi connectivity index (χ4v) is 4.77. The van der Waals surface area contributed by atoms with Crippen molar-refractivity contribution in [2.45, 2.75) is 25.7 Å². The lowest BCUT2D eigenvalue weighted by atomic mass is 10.2. The molecule has 0 fully saturated rings. The van der Waals surface area contributed by atoms with Crippen LogP contribution >= 0.6 is 11.3 Å². The molecule has 0 radical (unpaired) electrons. The summed E-state index contributed by atoms with van der Waals surface area (Å²) in [5.41, 5.74) is 3.55. The third-order valence-electron chi connectivity index (χ3n) is 3.40. The summed E-state index contributed by atoms with van der Waals surface area (Å²) in [6, 6.07) is 11.3. The van der Waals surface area contributed by atoms with Crippen LogP contribution in [0, 0.1) is 20.8 Å². The van der Waals surface area contributed by atoms with Crippen molar-refractivity contribution in [3.05, 3.63) is 53.1 Å². The predicted molar refractivity (Wildman–Crippen MR) is 91.1 cm³/mol. The van der Waals surface area contributed by atoms with E-state index in [-0.39, 0.29) is 0 Å². The molecule has 4 nitrogen and oxygen atoms in total. The molecule has 0 unspecified atom stereocenters. The van der Waals surface area contributed by atoms with E-state index in [0.29, 0.717) is 10.0 Å². The zero-order chi connectivity index (χ0) is 15.9. The molecule has 1 N–H and O–H groups in total. The second-order valence-corrected chi connectivity index (χ2v) is 8.05. The predicted octanol–water partition coefficient (Wildman–Crippen LogP) is 4.02. The first-order chi connectivity index (χ1) is 10.3. The lowest BCUT2D eigenvalue weighted by molar-refractivity contribution is 0.600. The topological polar surface area (TPSA) is 59.1 Å². The highest BCUT2D eigenvalue weighted by atomic mass is 32.2. The van der Waals surface area contributed by atoms with Gasteiger partial charge in [-0.15, -0.1) is 0 Å². The number of benzene rings is 2. The minimum absolute atomic E-state index is 0.294. The molecule has 1 heterocycles. The van der Waals surface area contributed by atoms with E-state index in [0.717, 1.165) is 26.9 Å². The van der Waals surface area contributed by atoms with Crippen molar-refractivity contribution in [1.82, 2.24) is 4.98 Å². The molecule has 0 aliphatic carbocycles. The Morgan fingerprint density at radius 2 is 1.68 bits per heavy atom. The Morgan fingerprint density at radius 3 is 2.45 bits per heavy atom. The summed E-state index contributed by atoms with van der Waals surface area (Å²) < 4.78 is 28.7. The van der Waals surface area contributed by atoms with Crippen LogP contribution in [0.2, 0.25) is 0 Å². The van der Waals surface area contributed by atoms with Crippen LogP contribution in [0.15, 0.2) is 41.3 Å². The maximum Gasteiger partial charge on any atom is 0.263 e. The molecular weight excluding hydrogens is 316 g/mol. The quantitative estimate of drug-likeness (QED) is 0.788. The van der Waals surface area contributed by atoms with Crippen LogP contribution in [-0.2, 0) is 10.0 Å². The fraction of sp³-hybridized carbons (Fsp3) is 0.188. The monoisotopic (exact) mass is 332 g/mol. The molecule has 114 valence electrons. The molecule has 0 bridgehead atoms. The maximum absolute atomic E-state index is 12.6. The average Bonchev–Trinajstić information content (AvgIpc) is 2.81. The van der Waals surface area contributed by atoms with Crippen LogP contribution in [0.3, 0.4) is 0 Å². The summed E-state index contributed by atoms with van der Waals surface area (Å²) in [7, 11) is -3.63. The number of hydrogen-bond acceptors (Lipinski definition) is 4. The number of nitrogens with one attached hydrogen (secondary N) is 1. The summed E-state index contributed by atoms with van der Waals surface area (Å²) >= 11 is 1.34. The smallest absolute Gasteiger partial charge is 0.255 e. The first kappa shape index (κ1) is 15.0. The van der Waals surface area contributed by atoms with Gasteiger partial charge >= 0.3 is 0 Å². The van der Waals surface area contributed by atoms with Crippen molar-refractivity contribution >= 4 is 36.7 Å². The molecule has 0 amide bonds. The highest BCUT2D eigenvalue weighted by molar-refractivity contribution is 7.93. The summed E-state index contributed by atoms with van der Waals surface area (Å²) in [5.74, 6) is 0. The van der Waals surface area contributed by atoms with Crippen LogP contribution in [0.25, 0.3) is 10.2 Å². The van der Waals surface area contributed by atoms with Crippen LogP contribution in [0.1, 0.15) is 16.7 Å². The number of thiazole rings is 1. The minimum Gasteiger partial charge on any atom is -0.255 e. The molecule has 6 heteroatoms. The van der Waals surface area contributed by atoms with Crippen LogP contribution in [0.4, 0.5) is 5.13 Å². The van der Waals surface area contributed by atoms with Crippen LogP contribution in [-0.4, -0.2) is 13.4 Å². The largest absolute Gasteiger partial charge is 0.263 e. The van der Waals surface area contributed by atoms with Gasteiger partial charge in [0.15, 0.2) is 5.13 Å². The zero-order valence-electron chi connectivity index (χ0n) is 12.5. The van der Waals surface area contributed by atoms with Crippen LogP contribution < -0.4 is 4.72 Å². The molecule has 0 spiro atoms. The zero-order valence-corrected chi connectivity index (χ0v) is 14.2. The number of aromatic nitrogens is 1. The van der Waals surface area contributed by atoms with Crippen molar-refractivity contribution in [3.63, 3.8) is 0 Å². The maximum atomic E-state index is 12.6. The van der Waals surface area contributed by atoms with Crippen molar-refractivity contribution in [2.24, 2.45) is 0 Å². The third-order valence-corrected chi connectivity index (χ3v) is 5.94. The van der Waals surface area contributed by atoms with Gasteiger partial charge in [0.2, 0.25) is 0 Å². The van der Waals surface area contributed by atoms with Gasteiger partial charge in [-0.25, -0.2) is 13.4 Å². The molecule has 0 aliphatic rings. The molecule has 0 saturated carbocycles. The highest BCUT2D eigenvalue weighted by Crippen LogP contribution is 2.29. The molecule has 3 aromatic rings. The van der Waals surface area contributed by atoms with Gasteiger partial charge in [0.05, 0.1) is 15.1 Å². The summed E-state index contributed by atoms with van der Waals surface area (Å²) in [5, 5.41) is 0.390. The molecule has 1 aromatic heterocycles. The molecule has 3 rings (SSSR count). The first-order valence-corrected chi connectivity index (χ1v) is 9.12. The van der Waals surface area contributed by atoms with Crippen molar-refractivity contribution < 1.29 is 8.42 Å². The van der Waals surface area contributed by atoms with E-state index in [1.807, 2.05) is 44.2 Å². The summed E-state index contributed by atoms with van der Waals surface area (Å²) in [6.45, 7) is 5.66. The Morgan fingerprint density at radius 1 is 1.00 bits per heavy atom. The Balaban J connectivity index is 2.00. The van der Waals surface area contributed by atoms with E-state index < -0.39 is 10.0 Å². The molecule has 2 aromatic carbocycles. The minimum atomic E-state index is -3.63. The van der Waals surface area contributed by atoms with E-state index >= 15 is 0 Å². The van der Waals surface area contributed by atoms with Crippen molar-refractivity contribution in [1.29, 1.82) is 0 Å². The van der Waals surface area contributed by atoms with E-state index in [4.69, 9.17) is 0 Å². The molecule has 22 heavy (non-hydrogen) atoms. The Bertz CT molecular complexity index is 959. The number of nitrogens with zero attached hydrogens (tertiary/aromatic N) is 1. The van der Waals surface area contributed by atoms with Crippen molar-refractivity contribution in [2.75, 3.05) is 4.72 Å². The van der Waals surface area contributed by atoms with Crippen LogP contribution in [0.5, 0.6) is 0 Å². The summed E-state index contributed by atoms with van der Waals surface area (Å²) in [6.07, 6.45) is 0. The van der Waals surface area contributed by atoms with E-state index in [2.05, 4.69) is 9.71 Å². The van der Waals surface area contributed by atoms with E-state index in [9.17, 15) is 8.42 Å². The number of aryl methyl sites for hydroxylation is 3. The fourth-order valence-electron chi connectivity index (χ4n) is 2.24. The number of rotatable bonds is 3.